The summed E-state index contributed by atoms with van der Waals surface area (Å²) in [6.45, 7) is 2.51. The van der Waals surface area contributed by atoms with E-state index in [1.54, 1.807) is 0 Å². The Morgan fingerprint density at radius 1 is 1.15 bits per heavy atom. The second-order valence-corrected chi connectivity index (χ2v) is 5.77. The highest BCUT2D eigenvalue weighted by atomic mass is 79.9. The van der Waals surface area contributed by atoms with Gasteiger partial charge in [-0.3, -0.25) is 4.39 Å². The molecule has 1 unspecified atom stereocenters. The lowest BCUT2D eigenvalue weighted by atomic mass is 9.97. The molecule has 2 aromatic rings. The molecule has 0 amide bonds. The molecule has 2 rings (SSSR count). The predicted molar refractivity (Wildman–Crippen MR) is 83.7 cm³/mol. The zero-order valence-corrected chi connectivity index (χ0v) is 13.1. The minimum Gasteiger partial charge on any atom is -0.376 e. The van der Waals surface area contributed by atoms with Crippen molar-refractivity contribution in [3.63, 3.8) is 0 Å². The Balaban J connectivity index is 1.95. The van der Waals surface area contributed by atoms with E-state index >= 15 is 0 Å². The molecule has 2 aromatic carbocycles. The van der Waals surface area contributed by atoms with Gasteiger partial charge in [0.15, 0.2) is 0 Å². The molecule has 0 heterocycles. The summed E-state index contributed by atoms with van der Waals surface area (Å²) in [7, 11) is 0. The molecule has 0 bridgehead atoms. The first kappa shape index (κ1) is 15.2. The molecule has 0 aliphatic carbocycles. The molecular formula is C17H18BrFO. The van der Waals surface area contributed by atoms with E-state index in [-0.39, 0.29) is 5.92 Å². The van der Waals surface area contributed by atoms with Gasteiger partial charge in [-0.2, -0.15) is 0 Å². The fourth-order valence-corrected chi connectivity index (χ4v) is 2.68. The molecule has 3 heteroatoms. The fraction of sp³-hybridized carbons (Fsp3) is 0.294. The van der Waals surface area contributed by atoms with E-state index in [1.807, 2.05) is 55.5 Å². The quantitative estimate of drug-likeness (QED) is 0.719. The van der Waals surface area contributed by atoms with Gasteiger partial charge in [0, 0.05) is 10.4 Å². The Morgan fingerprint density at radius 2 is 1.90 bits per heavy atom. The Hall–Kier alpha value is -1.19. The highest BCUT2D eigenvalue weighted by Gasteiger charge is 2.14. The van der Waals surface area contributed by atoms with Crippen molar-refractivity contribution >= 4 is 15.9 Å². The maximum Gasteiger partial charge on any atom is 0.0985 e. The summed E-state index contributed by atoms with van der Waals surface area (Å²) in [5, 5.41) is 0. The molecule has 0 N–H and O–H groups in total. The van der Waals surface area contributed by atoms with Crippen molar-refractivity contribution in [2.24, 2.45) is 0 Å². The summed E-state index contributed by atoms with van der Waals surface area (Å²) in [5.41, 5.74) is 3.21. The van der Waals surface area contributed by atoms with Gasteiger partial charge < -0.3 is 4.74 Å². The number of alkyl halides is 1. The number of ether oxygens (including phenoxy) is 1. The molecule has 0 saturated carbocycles. The predicted octanol–water partition coefficient (Wildman–Crippen LogP) is 5.03. The minimum atomic E-state index is -0.405. The Kier molecular flexibility index (Phi) is 5.74. The van der Waals surface area contributed by atoms with Crippen LogP contribution in [0.3, 0.4) is 0 Å². The molecule has 0 fully saturated rings. The van der Waals surface area contributed by atoms with Crippen LogP contribution in [-0.2, 0) is 11.3 Å². The van der Waals surface area contributed by atoms with Crippen molar-refractivity contribution in [3.8, 4) is 0 Å². The molecule has 0 saturated heterocycles. The van der Waals surface area contributed by atoms with Crippen LogP contribution in [0, 0.1) is 6.92 Å². The van der Waals surface area contributed by atoms with Gasteiger partial charge in [0.1, 0.15) is 0 Å². The van der Waals surface area contributed by atoms with Gasteiger partial charge in [-0.25, -0.2) is 0 Å². The first-order valence-corrected chi connectivity index (χ1v) is 7.43. The van der Waals surface area contributed by atoms with E-state index in [0.29, 0.717) is 13.2 Å². The smallest absolute Gasteiger partial charge is 0.0985 e. The summed E-state index contributed by atoms with van der Waals surface area (Å²) in [5.74, 6) is -0.202. The second kappa shape index (κ2) is 7.55. The third-order valence-corrected chi connectivity index (χ3v) is 3.78. The van der Waals surface area contributed by atoms with Crippen LogP contribution in [-0.4, -0.2) is 13.3 Å². The molecule has 0 radical (unpaired) electrons. The Labute approximate surface area is 127 Å². The topological polar surface area (TPSA) is 9.23 Å². The van der Waals surface area contributed by atoms with E-state index in [0.717, 1.165) is 21.2 Å². The van der Waals surface area contributed by atoms with E-state index in [2.05, 4.69) is 15.9 Å². The Morgan fingerprint density at radius 3 is 2.55 bits per heavy atom. The fourth-order valence-electron chi connectivity index (χ4n) is 2.21. The van der Waals surface area contributed by atoms with Crippen molar-refractivity contribution in [2.45, 2.75) is 19.4 Å². The molecule has 106 valence electrons. The zero-order chi connectivity index (χ0) is 14.4. The van der Waals surface area contributed by atoms with Gasteiger partial charge in [0.25, 0.3) is 0 Å². The molecule has 0 aromatic heterocycles. The summed E-state index contributed by atoms with van der Waals surface area (Å²) in [6.07, 6.45) is 0. The van der Waals surface area contributed by atoms with Gasteiger partial charge in [-0.05, 0) is 35.7 Å². The zero-order valence-electron chi connectivity index (χ0n) is 11.5. The van der Waals surface area contributed by atoms with Gasteiger partial charge in [-0.1, -0.05) is 52.3 Å². The number of rotatable bonds is 6. The normalized spacial score (nSPS) is 12.3. The molecule has 0 aliphatic heterocycles. The standard InChI is InChI=1S/C17H18BrFO/c1-13-9-16(18)7-8-17(13)15(10-19)12-20-11-14-5-3-2-4-6-14/h2-9,15H,10-12H2,1H3. The van der Waals surface area contributed by atoms with E-state index in [9.17, 15) is 4.39 Å². The van der Waals surface area contributed by atoms with E-state index in [4.69, 9.17) is 4.74 Å². The summed E-state index contributed by atoms with van der Waals surface area (Å²) >= 11 is 3.43. The van der Waals surface area contributed by atoms with Crippen LogP contribution in [0.5, 0.6) is 0 Å². The van der Waals surface area contributed by atoms with Crippen LogP contribution in [0.15, 0.2) is 53.0 Å². The van der Waals surface area contributed by atoms with Crippen LogP contribution in [0.25, 0.3) is 0 Å². The van der Waals surface area contributed by atoms with E-state index < -0.39 is 6.67 Å². The summed E-state index contributed by atoms with van der Waals surface area (Å²) in [6, 6.07) is 15.9. The molecule has 0 spiro atoms. The highest BCUT2D eigenvalue weighted by molar-refractivity contribution is 9.10. The average Bonchev–Trinajstić information content (AvgIpc) is 2.46. The summed E-state index contributed by atoms with van der Waals surface area (Å²) in [4.78, 5) is 0. The number of hydrogen-bond donors (Lipinski definition) is 0. The van der Waals surface area contributed by atoms with Gasteiger partial charge in [-0.15, -0.1) is 0 Å². The molecule has 0 aliphatic rings. The maximum atomic E-state index is 13.3. The van der Waals surface area contributed by atoms with Gasteiger partial charge in [0.2, 0.25) is 0 Å². The second-order valence-electron chi connectivity index (χ2n) is 4.85. The number of hydrogen-bond acceptors (Lipinski definition) is 1. The lowest BCUT2D eigenvalue weighted by molar-refractivity contribution is 0.0997. The summed E-state index contributed by atoms with van der Waals surface area (Å²) < 4.78 is 19.9. The average molecular weight is 337 g/mol. The van der Waals surface area contributed by atoms with Crippen molar-refractivity contribution in [1.82, 2.24) is 0 Å². The lowest BCUT2D eigenvalue weighted by Gasteiger charge is -2.17. The van der Waals surface area contributed by atoms with Crippen molar-refractivity contribution in [3.05, 3.63) is 69.7 Å². The van der Waals surface area contributed by atoms with Crippen molar-refractivity contribution < 1.29 is 9.13 Å². The van der Waals surface area contributed by atoms with E-state index in [1.165, 1.54) is 0 Å². The SMILES string of the molecule is Cc1cc(Br)ccc1C(CF)COCc1ccccc1. The third kappa shape index (κ3) is 4.15. The highest BCUT2D eigenvalue weighted by Crippen LogP contribution is 2.24. The van der Waals surface area contributed by atoms with Crippen LogP contribution < -0.4 is 0 Å². The molecule has 1 atom stereocenters. The van der Waals surface area contributed by atoms with Crippen LogP contribution in [0.1, 0.15) is 22.6 Å². The van der Waals surface area contributed by atoms with Crippen LogP contribution in [0.2, 0.25) is 0 Å². The molecule has 20 heavy (non-hydrogen) atoms. The largest absolute Gasteiger partial charge is 0.376 e. The number of halogens is 2. The minimum absolute atomic E-state index is 0.202. The van der Waals surface area contributed by atoms with Crippen molar-refractivity contribution in [2.75, 3.05) is 13.3 Å². The van der Waals surface area contributed by atoms with Gasteiger partial charge in [0.05, 0.1) is 19.9 Å². The Bertz CT molecular complexity index is 542. The number of benzene rings is 2. The first-order valence-electron chi connectivity index (χ1n) is 6.64. The van der Waals surface area contributed by atoms with Gasteiger partial charge >= 0.3 is 0 Å². The monoisotopic (exact) mass is 336 g/mol. The number of aryl methyl sites for hydroxylation is 1. The maximum absolute atomic E-state index is 13.3. The lowest BCUT2D eigenvalue weighted by Crippen LogP contribution is -2.11. The first-order chi connectivity index (χ1) is 9.70. The van der Waals surface area contributed by atoms with Crippen LogP contribution in [0.4, 0.5) is 4.39 Å². The molecular weight excluding hydrogens is 319 g/mol. The van der Waals surface area contributed by atoms with Crippen LogP contribution >= 0.6 is 15.9 Å². The van der Waals surface area contributed by atoms with Crippen molar-refractivity contribution in [1.29, 1.82) is 0 Å². The molecule has 1 nitrogen and oxygen atoms in total. The third-order valence-electron chi connectivity index (χ3n) is 3.29.